The van der Waals surface area contributed by atoms with Crippen molar-refractivity contribution in [2.75, 3.05) is 41.3 Å². The van der Waals surface area contributed by atoms with Gasteiger partial charge in [-0.05, 0) is 51.1 Å². The number of rotatable bonds is 8. The van der Waals surface area contributed by atoms with Crippen LogP contribution in [0.3, 0.4) is 0 Å². The number of nitrogens with zero attached hydrogens (tertiary/aromatic N) is 2. The molecule has 7 heteroatoms. The molecule has 0 aliphatic rings. The molecule has 132 valence electrons. The largest absolute Gasteiger partial charge is 0.336 e. The molecule has 2 aromatic rings. The van der Waals surface area contributed by atoms with Gasteiger partial charge in [-0.3, -0.25) is 0 Å². The summed E-state index contributed by atoms with van der Waals surface area (Å²) in [6.07, 6.45) is 0. The van der Waals surface area contributed by atoms with Crippen LogP contribution < -0.4 is 10.6 Å². The molecule has 0 saturated carbocycles. The monoisotopic (exact) mass is 366 g/mol. The molecular formula is C17H26N4OS2. The van der Waals surface area contributed by atoms with Crippen LogP contribution in [-0.2, 0) is 0 Å². The smallest absolute Gasteiger partial charge is 0.314 e. The summed E-state index contributed by atoms with van der Waals surface area (Å²) in [5.74, 6) is 0. The number of hydrogen-bond donors (Lipinski definition) is 2. The second-order valence-corrected chi connectivity index (χ2v) is 8.04. The Balaban J connectivity index is 1.84. The van der Waals surface area contributed by atoms with Gasteiger partial charge in [-0.1, -0.05) is 12.1 Å². The lowest BCUT2D eigenvalue weighted by atomic mass is 10.2. The molecule has 2 heterocycles. The molecule has 2 rings (SSSR count). The van der Waals surface area contributed by atoms with Crippen molar-refractivity contribution in [3.63, 3.8) is 0 Å². The van der Waals surface area contributed by atoms with Gasteiger partial charge in [0.1, 0.15) is 0 Å². The molecule has 2 N–H and O–H groups in total. The van der Waals surface area contributed by atoms with Gasteiger partial charge < -0.3 is 20.4 Å². The van der Waals surface area contributed by atoms with Crippen LogP contribution in [0.1, 0.15) is 21.8 Å². The van der Waals surface area contributed by atoms with E-state index in [1.807, 2.05) is 40.3 Å². The van der Waals surface area contributed by atoms with Crippen molar-refractivity contribution >= 4 is 28.7 Å². The summed E-state index contributed by atoms with van der Waals surface area (Å²) in [4.78, 5) is 18.9. The van der Waals surface area contributed by atoms with Crippen molar-refractivity contribution in [2.24, 2.45) is 0 Å². The molecule has 2 atom stereocenters. The SMILES string of the molecule is CN(C)[C@@H](CNC(=O)NC[C@@H](c1cccs1)N(C)C)c1cccs1. The zero-order valence-corrected chi connectivity index (χ0v) is 16.3. The maximum atomic E-state index is 12.2. The van der Waals surface area contributed by atoms with E-state index in [1.54, 1.807) is 22.7 Å². The molecule has 24 heavy (non-hydrogen) atoms. The first-order valence-electron chi connectivity index (χ1n) is 7.90. The first kappa shape index (κ1) is 18.9. The summed E-state index contributed by atoms with van der Waals surface area (Å²) < 4.78 is 0. The van der Waals surface area contributed by atoms with E-state index in [2.05, 4.69) is 43.3 Å². The predicted molar refractivity (Wildman–Crippen MR) is 103 cm³/mol. The first-order valence-corrected chi connectivity index (χ1v) is 9.66. The fourth-order valence-electron chi connectivity index (χ4n) is 2.48. The highest BCUT2D eigenvalue weighted by Crippen LogP contribution is 2.23. The van der Waals surface area contributed by atoms with Gasteiger partial charge in [-0.15, -0.1) is 22.7 Å². The lowest BCUT2D eigenvalue weighted by Gasteiger charge is -2.25. The number of carbonyl (C=O) groups excluding carboxylic acids is 1. The van der Waals surface area contributed by atoms with Gasteiger partial charge in [0.15, 0.2) is 0 Å². The highest BCUT2D eigenvalue weighted by Gasteiger charge is 2.18. The van der Waals surface area contributed by atoms with Gasteiger partial charge in [0.2, 0.25) is 0 Å². The normalized spacial score (nSPS) is 13.9. The minimum atomic E-state index is -0.123. The van der Waals surface area contributed by atoms with Crippen LogP contribution in [0.5, 0.6) is 0 Å². The van der Waals surface area contributed by atoms with E-state index in [4.69, 9.17) is 0 Å². The first-order chi connectivity index (χ1) is 11.5. The lowest BCUT2D eigenvalue weighted by molar-refractivity contribution is 0.227. The van der Waals surface area contributed by atoms with Crippen LogP contribution in [0.25, 0.3) is 0 Å². The van der Waals surface area contributed by atoms with E-state index in [-0.39, 0.29) is 18.1 Å². The number of likely N-dealkylation sites (N-methyl/N-ethyl adjacent to an activating group) is 2. The summed E-state index contributed by atoms with van der Waals surface area (Å²) in [7, 11) is 8.12. The molecule has 0 aliphatic carbocycles. The fourth-order valence-corrected chi connectivity index (χ4v) is 4.32. The Morgan fingerprint density at radius 2 is 1.33 bits per heavy atom. The quantitative estimate of drug-likeness (QED) is 0.755. The molecule has 0 radical (unpaired) electrons. The number of amides is 2. The van der Waals surface area contributed by atoms with E-state index < -0.39 is 0 Å². The van der Waals surface area contributed by atoms with Crippen LogP contribution in [0.2, 0.25) is 0 Å². The van der Waals surface area contributed by atoms with E-state index in [0.29, 0.717) is 13.1 Å². The van der Waals surface area contributed by atoms with E-state index in [9.17, 15) is 4.79 Å². The van der Waals surface area contributed by atoms with Crippen LogP contribution in [0.15, 0.2) is 35.0 Å². The third-order valence-corrected chi connectivity index (χ3v) is 5.85. The van der Waals surface area contributed by atoms with Crippen LogP contribution in [-0.4, -0.2) is 57.1 Å². The highest BCUT2D eigenvalue weighted by atomic mass is 32.1. The maximum absolute atomic E-state index is 12.2. The van der Waals surface area contributed by atoms with Crippen LogP contribution >= 0.6 is 22.7 Å². The minimum Gasteiger partial charge on any atom is -0.336 e. The van der Waals surface area contributed by atoms with Gasteiger partial charge in [0, 0.05) is 22.8 Å². The van der Waals surface area contributed by atoms with Crippen molar-refractivity contribution in [1.29, 1.82) is 0 Å². The molecule has 0 aromatic carbocycles. The third kappa shape index (κ3) is 5.31. The van der Waals surface area contributed by atoms with Crippen molar-refractivity contribution in [2.45, 2.75) is 12.1 Å². The Labute approximate surface area is 152 Å². The second kappa shape index (κ2) is 9.17. The number of urea groups is 1. The number of thiophene rings is 2. The van der Waals surface area contributed by atoms with Crippen molar-refractivity contribution in [3.05, 3.63) is 44.8 Å². The van der Waals surface area contributed by atoms with Gasteiger partial charge in [0.25, 0.3) is 0 Å². The molecule has 0 spiro atoms. The second-order valence-electron chi connectivity index (χ2n) is 6.08. The van der Waals surface area contributed by atoms with Gasteiger partial charge in [-0.2, -0.15) is 0 Å². The standard InChI is InChI=1S/C17H26N4OS2/c1-20(2)13(15-7-5-9-23-15)11-18-17(22)19-12-14(21(3)4)16-8-6-10-24-16/h5-10,13-14H,11-12H2,1-4H3,(H2,18,19,22)/t13-,14-/m0/s1. The van der Waals surface area contributed by atoms with Crippen molar-refractivity contribution < 1.29 is 4.79 Å². The van der Waals surface area contributed by atoms with Gasteiger partial charge >= 0.3 is 6.03 Å². The molecular weight excluding hydrogens is 340 g/mol. The average molecular weight is 367 g/mol. The minimum absolute atomic E-state index is 0.123. The Bertz CT molecular complexity index is 544. The molecule has 0 fully saturated rings. The van der Waals surface area contributed by atoms with Crippen molar-refractivity contribution in [3.8, 4) is 0 Å². The molecule has 0 unspecified atom stereocenters. The zero-order chi connectivity index (χ0) is 17.5. The van der Waals surface area contributed by atoms with Gasteiger partial charge in [-0.25, -0.2) is 4.79 Å². The highest BCUT2D eigenvalue weighted by molar-refractivity contribution is 7.10. The zero-order valence-electron chi connectivity index (χ0n) is 14.7. The summed E-state index contributed by atoms with van der Waals surface area (Å²) in [5, 5.41) is 10.1. The van der Waals surface area contributed by atoms with E-state index in [1.165, 1.54) is 9.75 Å². The molecule has 5 nitrogen and oxygen atoms in total. The number of carbonyl (C=O) groups is 1. The predicted octanol–water partition coefficient (Wildman–Crippen LogP) is 3.01. The lowest BCUT2D eigenvalue weighted by Crippen LogP contribution is -2.43. The van der Waals surface area contributed by atoms with E-state index in [0.717, 1.165) is 0 Å². The summed E-state index contributed by atoms with van der Waals surface area (Å²) >= 11 is 3.43. The molecule has 0 bridgehead atoms. The Kier molecular flexibility index (Phi) is 7.23. The summed E-state index contributed by atoms with van der Waals surface area (Å²) in [6, 6.07) is 8.55. The number of hydrogen-bond acceptors (Lipinski definition) is 5. The Hall–Kier alpha value is -1.41. The Morgan fingerprint density at radius 3 is 1.62 bits per heavy atom. The summed E-state index contributed by atoms with van der Waals surface area (Å²) in [5.41, 5.74) is 0. The maximum Gasteiger partial charge on any atom is 0.314 e. The molecule has 0 aliphatic heterocycles. The molecule has 2 aromatic heterocycles. The Morgan fingerprint density at radius 1 is 0.917 bits per heavy atom. The number of nitrogens with one attached hydrogen (secondary N) is 2. The van der Waals surface area contributed by atoms with Gasteiger partial charge in [0.05, 0.1) is 12.1 Å². The van der Waals surface area contributed by atoms with Crippen LogP contribution in [0.4, 0.5) is 4.79 Å². The van der Waals surface area contributed by atoms with Crippen LogP contribution in [0, 0.1) is 0 Å². The average Bonchev–Trinajstić information content (AvgIpc) is 3.20. The fraction of sp³-hybridized carbons (Fsp3) is 0.471. The van der Waals surface area contributed by atoms with Crippen molar-refractivity contribution in [1.82, 2.24) is 20.4 Å². The molecule has 2 amide bonds. The summed E-state index contributed by atoms with van der Waals surface area (Å²) in [6.45, 7) is 1.18. The topological polar surface area (TPSA) is 47.6 Å². The third-order valence-electron chi connectivity index (χ3n) is 3.90. The molecule has 0 saturated heterocycles. The van der Waals surface area contributed by atoms with E-state index >= 15 is 0 Å².